The molecule has 8 aromatic rings. The predicted octanol–water partition coefficient (Wildman–Crippen LogP) is 12.9. The maximum Gasteiger partial charge on any atom is 0.410 e. The number of aryl methyl sites for hydroxylation is 2. The van der Waals surface area contributed by atoms with Crippen LogP contribution in [0.5, 0.6) is 0 Å². The lowest BCUT2D eigenvalue weighted by molar-refractivity contribution is -0.154. The number of benzene rings is 8. The van der Waals surface area contributed by atoms with Crippen molar-refractivity contribution in [2.45, 2.75) is 68.2 Å². The molecule has 0 spiro atoms. The normalized spacial score (nSPS) is 16.5. The highest BCUT2D eigenvalue weighted by Crippen LogP contribution is 2.47. The number of carbonyl (C=O) groups is 4. The topological polar surface area (TPSA) is 123 Å². The summed E-state index contributed by atoms with van der Waals surface area (Å²) >= 11 is 7.03. The third kappa shape index (κ3) is 10.5. The van der Waals surface area contributed by atoms with E-state index >= 15 is 4.79 Å². The fourth-order valence-corrected chi connectivity index (χ4v) is 11.9. The zero-order valence-electron chi connectivity index (χ0n) is 42.6. The zero-order valence-corrected chi connectivity index (χ0v) is 43.4. The van der Waals surface area contributed by atoms with Gasteiger partial charge in [-0.25, -0.2) is 9.59 Å². The SMILES string of the molecule is Cc1ccc(C(OC(=O)C[C@H](CCc2ccccc2)NC(=O)[C@@H]2C[C@@H](NC(=O)OCC3c4ccccc4-c4ccccc43)CN2C(=O)OCC2c3ccccc3-c3ccccc32)(c2ccccc2)c2ccccc2Cl)cc1. The third-order valence-electron chi connectivity index (χ3n) is 15.4. The largest absolute Gasteiger partial charge is 0.449 e. The van der Waals surface area contributed by atoms with E-state index in [1.807, 2.05) is 171 Å². The van der Waals surface area contributed by atoms with E-state index in [4.69, 9.17) is 25.8 Å². The summed E-state index contributed by atoms with van der Waals surface area (Å²) in [5.41, 5.74) is 11.2. The summed E-state index contributed by atoms with van der Waals surface area (Å²) in [5.74, 6) is -1.47. The van der Waals surface area contributed by atoms with Crippen LogP contribution in [0.3, 0.4) is 0 Å². The van der Waals surface area contributed by atoms with Crippen molar-refractivity contribution in [2.24, 2.45) is 0 Å². The standard InChI is InChI=1S/C66H58ClN3O7/c1-43-32-35-46(36-33-43)66(45-20-6-3-7-21-45,59-30-16-17-31-60(59)67)77-62(71)39-47(37-34-44-18-4-2-5-19-44)68-63(72)61-38-48(69-64(73)75-41-57-53-26-12-8-22-49(53)50-23-9-13-27-54(50)57)40-70(61)65(74)76-42-58-55-28-14-10-24-51(55)52-25-11-15-29-56(52)58/h2-33,35-36,47-48,57-58,61H,34,37-42H2,1H3,(H,68,72)(H,69,73)/t47-,48+,61-,66?/m0/s1. The van der Waals surface area contributed by atoms with E-state index in [9.17, 15) is 14.4 Å². The Morgan fingerprint density at radius 2 is 1.09 bits per heavy atom. The van der Waals surface area contributed by atoms with E-state index in [1.54, 1.807) is 6.07 Å². The van der Waals surface area contributed by atoms with Gasteiger partial charge in [-0.15, -0.1) is 0 Å². The molecular formula is C66H58ClN3O7. The van der Waals surface area contributed by atoms with Crippen LogP contribution in [0.25, 0.3) is 22.3 Å². The van der Waals surface area contributed by atoms with Gasteiger partial charge in [-0.1, -0.05) is 217 Å². The van der Waals surface area contributed by atoms with Gasteiger partial charge >= 0.3 is 18.2 Å². The molecule has 1 unspecified atom stereocenters. The van der Waals surface area contributed by atoms with Crippen molar-refractivity contribution >= 4 is 35.7 Å². The monoisotopic (exact) mass is 1040 g/mol. The first kappa shape index (κ1) is 50.7. The van der Waals surface area contributed by atoms with Gasteiger partial charge in [-0.05, 0) is 82.3 Å². The Labute approximate surface area is 454 Å². The number of esters is 1. The second-order valence-corrected chi connectivity index (χ2v) is 20.6. The highest BCUT2D eigenvalue weighted by molar-refractivity contribution is 6.31. The van der Waals surface area contributed by atoms with Crippen LogP contribution in [0.2, 0.25) is 5.02 Å². The molecule has 1 heterocycles. The number of ether oxygens (including phenoxy) is 3. The molecule has 0 aromatic heterocycles. The second-order valence-electron chi connectivity index (χ2n) is 20.2. The van der Waals surface area contributed by atoms with Crippen molar-refractivity contribution < 1.29 is 33.4 Å². The number of amides is 3. The molecule has 10 nitrogen and oxygen atoms in total. The number of hydrogen-bond acceptors (Lipinski definition) is 7. The van der Waals surface area contributed by atoms with Gasteiger partial charge < -0.3 is 24.8 Å². The minimum absolute atomic E-state index is 0.0241. The Morgan fingerprint density at radius 1 is 0.597 bits per heavy atom. The van der Waals surface area contributed by atoms with Gasteiger partial charge in [0.25, 0.3) is 0 Å². The average Bonchev–Trinajstić information content (AvgIpc) is 4.15. The lowest BCUT2D eigenvalue weighted by Crippen LogP contribution is -2.50. The maximum atomic E-state index is 15.1. The predicted molar refractivity (Wildman–Crippen MR) is 299 cm³/mol. The van der Waals surface area contributed by atoms with Crippen molar-refractivity contribution in [3.8, 4) is 22.3 Å². The van der Waals surface area contributed by atoms with Gasteiger partial charge in [-0.2, -0.15) is 0 Å². The number of rotatable bonds is 16. The molecule has 1 aliphatic heterocycles. The fraction of sp³-hybridized carbons (Fsp3) is 0.212. The number of carbonyl (C=O) groups excluding carboxylic acids is 4. The number of nitrogens with zero attached hydrogens (tertiary/aromatic N) is 1. The van der Waals surface area contributed by atoms with E-state index in [-0.39, 0.29) is 44.4 Å². The minimum Gasteiger partial charge on any atom is -0.449 e. The summed E-state index contributed by atoms with van der Waals surface area (Å²) < 4.78 is 19.0. The van der Waals surface area contributed by atoms with E-state index in [0.717, 1.165) is 55.6 Å². The molecule has 3 aliphatic rings. The zero-order chi connectivity index (χ0) is 52.9. The van der Waals surface area contributed by atoms with Gasteiger partial charge in [0.2, 0.25) is 5.91 Å². The van der Waals surface area contributed by atoms with E-state index in [1.165, 1.54) is 4.90 Å². The molecule has 4 atom stereocenters. The van der Waals surface area contributed by atoms with E-state index in [0.29, 0.717) is 34.6 Å². The molecule has 0 saturated carbocycles. The molecule has 8 aromatic carbocycles. The maximum absolute atomic E-state index is 15.1. The first-order valence-corrected chi connectivity index (χ1v) is 26.7. The number of alkyl carbamates (subject to hydrolysis) is 1. The Morgan fingerprint density at radius 3 is 1.66 bits per heavy atom. The van der Waals surface area contributed by atoms with Crippen LogP contribution in [-0.4, -0.2) is 66.8 Å². The van der Waals surface area contributed by atoms with Crippen molar-refractivity contribution in [3.05, 3.63) is 261 Å². The van der Waals surface area contributed by atoms with Crippen LogP contribution >= 0.6 is 11.6 Å². The van der Waals surface area contributed by atoms with Crippen molar-refractivity contribution in [1.82, 2.24) is 15.5 Å². The molecule has 11 rings (SSSR count). The lowest BCUT2D eigenvalue weighted by atomic mass is 9.79. The van der Waals surface area contributed by atoms with Crippen LogP contribution < -0.4 is 10.6 Å². The number of nitrogens with one attached hydrogen (secondary N) is 2. The molecular weight excluding hydrogens is 982 g/mol. The van der Waals surface area contributed by atoms with Crippen LogP contribution in [0.1, 0.15) is 81.2 Å². The van der Waals surface area contributed by atoms with Crippen molar-refractivity contribution in [3.63, 3.8) is 0 Å². The summed E-state index contributed by atoms with van der Waals surface area (Å²) in [4.78, 5) is 59.8. The number of likely N-dealkylation sites (tertiary alicyclic amines) is 1. The van der Waals surface area contributed by atoms with E-state index < -0.39 is 47.8 Å². The smallest absolute Gasteiger partial charge is 0.410 e. The number of halogens is 1. The molecule has 2 aliphatic carbocycles. The summed E-state index contributed by atoms with van der Waals surface area (Å²) in [6.07, 6.45) is -0.635. The van der Waals surface area contributed by atoms with Gasteiger partial charge in [0.1, 0.15) is 19.3 Å². The quantitative estimate of drug-likeness (QED) is 0.0561. The molecule has 3 amide bonds. The van der Waals surface area contributed by atoms with Gasteiger partial charge in [0.05, 0.1) is 12.5 Å². The molecule has 11 heteroatoms. The second kappa shape index (κ2) is 22.4. The van der Waals surface area contributed by atoms with Crippen molar-refractivity contribution in [1.29, 1.82) is 0 Å². The minimum atomic E-state index is -1.47. The summed E-state index contributed by atoms with van der Waals surface area (Å²) in [6, 6.07) is 64.4. The molecule has 0 radical (unpaired) electrons. The average molecular weight is 1040 g/mol. The molecule has 386 valence electrons. The lowest BCUT2D eigenvalue weighted by Gasteiger charge is -2.36. The molecule has 1 fully saturated rings. The Bertz CT molecular complexity index is 3350. The highest BCUT2D eigenvalue weighted by Gasteiger charge is 2.45. The highest BCUT2D eigenvalue weighted by atomic mass is 35.5. The molecule has 77 heavy (non-hydrogen) atoms. The third-order valence-corrected chi connectivity index (χ3v) is 15.7. The van der Waals surface area contributed by atoms with Gasteiger partial charge in [0, 0.05) is 46.1 Å². The fourth-order valence-electron chi connectivity index (χ4n) is 11.7. The Balaban J connectivity index is 0.862. The first-order chi connectivity index (χ1) is 37.6. The van der Waals surface area contributed by atoms with Crippen LogP contribution in [0.15, 0.2) is 206 Å². The van der Waals surface area contributed by atoms with E-state index in [2.05, 4.69) is 47.0 Å². The van der Waals surface area contributed by atoms with Crippen LogP contribution in [0.4, 0.5) is 9.59 Å². The summed E-state index contributed by atoms with van der Waals surface area (Å²) in [6.45, 7) is 2.10. The van der Waals surface area contributed by atoms with Crippen LogP contribution in [0, 0.1) is 6.92 Å². The molecule has 0 bridgehead atoms. The summed E-state index contributed by atoms with van der Waals surface area (Å²) in [7, 11) is 0. The summed E-state index contributed by atoms with van der Waals surface area (Å²) in [5, 5.41) is 6.58. The van der Waals surface area contributed by atoms with Gasteiger partial charge in [-0.3, -0.25) is 14.5 Å². The number of fused-ring (bicyclic) bond motifs is 6. The molecule has 1 saturated heterocycles. The Kier molecular flexibility index (Phi) is 14.7. The van der Waals surface area contributed by atoms with Crippen molar-refractivity contribution in [2.75, 3.05) is 19.8 Å². The first-order valence-electron chi connectivity index (χ1n) is 26.3. The van der Waals surface area contributed by atoms with Crippen LogP contribution in [-0.2, 0) is 35.8 Å². The Hall–Kier alpha value is -8.47. The number of hydrogen-bond donors (Lipinski definition) is 2. The molecule has 2 N–H and O–H groups in total. The van der Waals surface area contributed by atoms with Gasteiger partial charge in [0.15, 0.2) is 5.60 Å².